The van der Waals surface area contributed by atoms with Gasteiger partial charge in [-0.05, 0) is 34.5 Å². The molecular weight excluding hydrogens is 226 g/mol. The fourth-order valence-electron chi connectivity index (χ4n) is 0.877. The minimum Gasteiger partial charge on any atom is -0.480 e. The minimum absolute atomic E-state index is 0.286. The van der Waals surface area contributed by atoms with Crippen LogP contribution in [0.25, 0.3) is 0 Å². The van der Waals surface area contributed by atoms with Gasteiger partial charge in [0.05, 0.1) is 0 Å². The van der Waals surface area contributed by atoms with Crippen molar-refractivity contribution in [1.29, 1.82) is 0 Å². The third-order valence-electron chi connectivity index (χ3n) is 1.47. The summed E-state index contributed by atoms with van der Waals surface area (Å²) in [5.74, 6) is -0.811. The van der Waals surface area contributed by atoms with Crippen molar-refractivity contribution in [2.24, 2.45) is 5.73 Å². The average molecular weight is 234 g/mol. The Morgan fingerprint density at radius 2 is 2.42 bits per heavy atom. The van der Waals surface area contributed by atoms with Gasteiger partial charge in [0, 0.05) is 0 Å². The monoisotopic (exact) mass is 233 g/mol. The Bertz CT molecular complexity index is 308. The Balaban J connectivity index is 3.02. The van der Waals surface area contributed by atoms with Gasteiger partial charge < -0.3 is 15.3 Å². The van der Waals surface area contributed by atoms with E-state index in [1.807, 2.05) is 0 Å². The number of carbonyl (C=O) groups is 1. The molecule has 0 fully saturated rings. The van der Waals surface area contributed by atoms with Gasteiger partial charge in [0.15, 0.2) is 10.7 Å². The normalized spacial score (nSPS) is 12.9. The highest BCUT2D eigenvalue weighted by Crippen LogP contribution is 2.23. The maximum Gasteiger partial charge on any atom is 0.328 e. The zero-order valence-corrected chi connectivity index (χ0v) is 7.96. The SMILES string of the molecule is Cc1cc(Br)oc1C(N)C(=O)O. The Kier molecular flexibility index (Phi) is 2.54. The first-order chi connectivity index (χ1) is 5.52. The summed E-state index contributed by atoms with van der Waals surface area (Å²) in [6.45, 7) is 1.74. The molecular formula is C7H8BrNO3. The zero-order chi connectivity index (χ0) is 9.30. The largest absolute Gasteiger partial charge is 0.480 e. The fourth-order valence-corrected chi connectivity index (χ4v) is 1.40. The van der Waals surface area contributed by atoms with E-state index in [1.54, 1.807) is 13.0 Å². The summed E-state index contributed by atoms with van der Waals surface area (Å²) < 4.78 is 5.54. The number of aryl methyl sites for hydroxylation is 1. The second kappa shape index (κ2) is 3.28. The van der Waals surface area contributed by atoms with Gasteiger partial charge in [-0.1, -0.05) is 0 Å². The van der Waals surface area contributed by atoms with Crippen LogP contribution in [0.1, 0.15) is 17.4 Å². The molecule has 0 aliphatic heterocycles. The number of hydrogen-bond acceptors (Lipinski definition) is 3. The molecule has 5 heteroatoms. The molecule has 0 spiro atoms. The summed E-state index contributed by atoms with van der Waals surface area (Å²) in [4.78, 5) is 10.5. The molecule has 1 atom stereocenters. The number of aliphatic carboxylic acids is 1. The zero-order valence-electron chi connectivity index (χ0n) is 6.37. The third kappa shape index (κ3) is 1.67. The summed E-state index contributed by atoms with van der Waals surface area (Å²) in [7, 11) is 0. The number of carboxylic acids is 1. The van der Waals surface area contributed by atoms with Crippen LogP contribution >= 0.6 is 15.9 Å². The van der Waals surface area contributed by atoms with E-state index in [0.29, 0.717) is 4.67 Å². The van der Waals surface area contributed by atoms with Gasteiger partial charge in [0.25, 0.3) is 0 Å². The number of nitrogens with two attached hydrogens (primary N) is 1. The first-order valence-corrected chi connectivity index (χ1v) is 4.06. The van der Waals surface area contributed by atoms with Gasteiger partial charge in [-0.2, -0.15) is 0 Å². The van der Waals surface area contributed by atoms with Crippen LogP contribution in [0, 0.1) is 6.92 Å². The lowest BCUT2D eigenvalue weighted by Gasteiger charge is -2.02. The second-order valence-corrected chi connectivity index (χ2v) is 3.20. The summed E-state index contributed by atoms with van der Waals surface area (Å²) in [6, 6.07) is 0.592. The molecule has 3 N–H and O–H groups in total. The Morgan fingerprint density at radius 3 is 2.75 bits per heavy atom. The smallest absolute Gasteiger partial charge is 0.328 e. The molecule has 1 aromatic heterocycles. The maximum absolute atomic E-state index is 10.5. The van der Waals surface area contributed by atoms with Crippen LogP contribution < -0.4 is 5.73 Å². The molecule has 0 aromatic carbocycles. The predicted octanol–water partition coefficient (Wildman–Crippen LogP) is 1.43. The van der Waals surface area contributed by atoms with Crippen molar-refractivity contribution in [3.05, 3.63) is 22.1 Å². The first-order valence-electron chi connectivity index (χ1n) is 3.26. The molecule has 0 radical (unpaired) electrons. The summed E-state index contributed by atoms with van der Waals surface area (Å²) >= 11 is 3.09. The molecule has 1 unspecified atom stereocenters. The van der Waals surface area contributed by atoms with Gasteiger partial charge in [-0.25, -0.2) is 0 Å². The minimum atomic E-state index is -1.10. The van der Waals surface area contributed by atoms with Crippen LogP contribution in [0.3, 0.4) is 0 Å². The van der Waals surface area contributed by atoms with Gasteiger partial charge in [0.1, 0.15) is 5.76 Å². The van der Waals surface area contributed by atoms with Crippen molar-refractivity contribution in [1.82, 2.24) is 0 Å². The van der Waals surface area contributed by atoms with Crippen molar-refractivity contribution in [3.63, 3.8) is 0 Å². The van der Waals surface area contributed by atoms with E-state index in [0.717, 1.165) is 5.56 Å². The maximum atomic E-state index is 10.5. The molecule has 0 aliphatic rings. The molecule has 0 bridgehead atoms. The molecule has 0 saturated heterocycles. The predicted molar refractivity (Wildman–Crippen MR) is 45.7 cm³/mol. The standard InChI is InChI=1S/C7H8BrNO3/c1-3-2-4(8)12-6(3)5(9)7(10)11/h2,5H,9H2,1H3,(H,10,11). The highest BCUT2D eigenvalue weighted by molar-refractivity contribution is 9.10. The fraction of sp³-hybridized carbons (Fsp3) is 0.286. The van der Waals surface area contributed by atoms with E-state index in [2.05, 4.69) is 15.9 Å². The van der Waals surface area contributed by atoms with Crippen LogP contribution in [0.5, 0.6) is 0 Å². The number of halogens is 1. The van der Waals surface area contributed by atoms with Gasteiger partial charge in [-0.15, -0.1) is 0 Å². The summed E-state index contributed by atoms with van der Waals surface area (Å²) in [5.41, 5.74) is 6.07. The summed E-state index contributed by atoms with van der Waals surface area (Å²) in [6.07, 6.45) is 0. The number of hydrogen-bond donors (Lipinski definition) is 2. The van der Waals surface area contributed by atoms with Crippen molar-refractivity contribution in [2.45, 2.75) is 13.0 Å². The Morgan fingerprint density at radius 1 is 1.83 bits per heavy atom. The molecule has 1 rings (SSSR count). The van der Waals surface area contributed by atoms with Crippen molar-refractivity contribution in [2.75, 3.05) is 0 Å². The van der Waals surface area contributed by atoms with Gasteiger partial charge >= 0.3 is 5.97 Å². The van der Waals surface area contributed by atoms with Crippen molar-refractivity contribution in [3.8, 4) is 0 Å². The van der Waals surface area contributed by atoms with Crippen LogP contribution in [0.4, 0.5) is 0 Å². The highest BCUT2D eigenvalue weighted by Gasteiger charge is 2.20. The Labute approximate surface area is 77.5 Å². The lowest BCUT2D eigenvalue weighted by molar-refractivity contribution is -0.139. The van der Waals surface area contributed by atoms with E-state index in [4.69, 9.17) is 15.3 Å². The second-order valence-electron chi connectivity index (χ2n) is 2.41. The van der Waals surface area contributed by atoms with Crippen molar-refractivity contribution >= 4 is 21.9 Å². The van der Waals surface area contributed by atoms with E-state index in [1.165, 1.54) is 0 Å². The number of carboxylic acid groups (broad SMARTS) is 1. The first kappa shape index (κ1) is 9.28. The molecule has 4 nitrogen and oxygen atoms in total. The van der Waals surface area contributed by atoms with Crippen LogP contribution in [0.2, 0.25) is 0 Å². The molecule has 1 heterocycles. The van der Waals surface area contributed by atoms with Crippen LogP contribution in [-0.4, -0.2) is 11.1 Å². The topological polar surface area (TPSA) is 76.5 Å². The van der Waals surface area contributed by atoms with Crippen LogP contribution in [-0.2, 0) is 4.79 Å². The summed E-state index contributed by atoms with van der Waals surface area (Å²) in [5, 5.41) is 8.57. The van der Waals surface area contributed by atoms with E-state index >= 15 is 0 Å². The van der Waals surface area contributed by atoms with E-state index in [-0.39, 0.29) is 5.76 Å². The number of furan rings is 1. The molecule has 1 aromatic rings. The third-order valence-corrected chi connectivity index (χ3v) is 1.87. The van der Waals surface area contributed by atoms with Gasteiger partial charge in [0.2, 0.25) is 0 Å². The molecule has 0 aliphatic carbocycles. The lowest BCUT2D eigenvalue weighted by atomic mass is 10.2. The van der Waals surface area contributed by atoms with Gasteiger partial charge in [-0.3, -0.25) is 4.79 Å². The Hall–Kier alpha value is -0.810. The number of rotatable bonds is 2. The lowest BCUT2D eigenvalue weighted by Crippen LogP contribution is -2.20. The molecule has 66 valence electrons. The highest BCUT2D eigenvalue weighted by atomic mass is 79.9. The molecule has 0 amide bonds. The molecule has 0 saturated carbocycles. The van der Waals surface area contributed by atoms with Crippen LogP contribution in [0.15, 0.2) is 15.2 Å². The van der Waals surface area contributed by atoms with Crippen molar-refractivity contribution < 1.29 is 14.3 Å². The average Bonchev–Trinajstić information content (AvgIpc) is 2.28. The molecule has 12 heavy (non-hydrogen) atoms. The van der Waals surface area contributed by atoms with E-state index in [9.17, 15) is 4.79 Å². The quantitative estimate of drug-likeness (QED) is 0.811. The van der Waals surface area contributed by atoms with E-state index < -0.39 is 12.0 Å².